The number of likely N-dealkylation sites (N-methyl/N-ethyl adjacent to an activating group) is 1. The summed E-state index contributed by atoms with van der Waals surface area (Å²) in [6, 6.07) is 11.6. The first kappa shape index (κ1) is 21.8. The van der Waals surface area contributed by atoms with E-state index < -0.39 is 5.82 Å². The van der Waals surface area contributed by atoms with Gasteiger partial charge < -0.3 is 9.64 Å². The van der Waals surface area contributed by atoms with Gasteiger partial charge in [-0.05, 0) is 45.5 Å². The zero-order chi connectivity index (χ0) is 20.4. The minimum Gasteiger partial charge on any atom is -0.493 e. The second kappa shape index (κ2) is 11.4. The molecule has 2 aromatic carbocycles. The first-order chi connectivity index (χ1) is 13.5. The lowest BCUT2D eigenvalue weighted by atomic mass is 10.0. The highest BCUT2D eigenvalue weighted by Crippen LogP contribution is 2.20. The molecule has 0 bridgehead atoms. The number of aryl methyl sites for hydroxylation is 1. The van der Waals surface area contributed by atoms with Crippen molar-refractivity contribution >= 4 is 5.78 Å². The van der Waals surface area contributed by atoms with E-state index in [0.29, 0.717) is 17.9 Å². The predicted octanol–water partition coefficient (Wildman–Crippen LogP) is 5.42. The zero-order valence-electron chi connectivity index (χ0n) is 16.9. The lowest BCUT2D eigenvalue weighted by Gasteiger charge is -2.13. The maximum absolute atomic E-state index is 14.4. The summed E-state index contributed by atoms with van der Waals surface area (Å²) < 4.78 is 20.0. The van der Waals surface area contributed by atoms with E-state index in [1.54, 1.807) is 18.2 Å². The molecule has 28 heavy (non-hydrogen) atoms. The average molecular weight is 384 g/mol. The first-order valence-electron chi connectivity index (χ1n) is 9.84. The Morgan fingerprint density at radius 2 is 1.82 bits per heavy atom. The molecule has 0 heterocycles. The van der Waals surface area contributed by atoms with Gasteiger partial charge in [-0.3, -0.25) is 4.79 Å². The highest BCUT2D eigenvalue weighted by molar-refractivity contribution is 6.09. The number of carbonyl (C=O) groups is 1. The first-order valence-corrected chi connectivity index (χ1v) is 9.84. The molecule has 0 amide bonds. The van der Waals surface area contributed by atoms with E-state index in [-0.39, 0.29) is 11.3 Å². The minimum absolute atomic E-state index is 0.0693. The molecule has 2 rings (SSSR count). The number of ketones is 1. The number of unbranched alkanes of at least 4 members (excludes halogenated alkanes) is 3. The molecule has 0 N–H and O–H groups in total. The van der Waals surface area contributed by atoms with Crippen molar-refractivity contribution < 1.29 is 13.9 Å². The number of ether oxygens (including phenoxy) is 1. The van der Waals surface area contributed by atoms with Crippen LogP contribution in [0.5, 0.6) is 5.75 Å². The van der Waals surface area contributed by atoms with Crippen molar-refractivity contribution in [3.63, 3.8) is 0 Å². The molecule has 0 spiro atoms. The van der Waals surface area contributed by atoms with Gasteiger partial charge in [0.1, 0.15) is 11.6 Å². The molecule has 0 saturated carbocycles. The molecule has 0 aliphatic rings. The number of halogens is 1. The smallest absolute Gasteiger partial charge is 0.195 e. The lowest BCUT2D eigenvalue weighted by molar-refractivity contribution is 0.103. The summed E-state index contributed by atoms with van der Waals surface area (Å²) in [5.41, 5.74) is 1.61. The number of nitrogens with zero attached hydrogens (tertiary/aromatic N) is 1. The molecule has 3 nitrogen and oxygen atoms in total. The van der Waals surface area contributed by atoms with E-state index in [1.165, 1.54) is 12.1 Å². The van der Waals surface area contributed by atoms with Gasteiger partial charge in [-0.1, -0.05) is 48.7 Å². The molecule has 150 valence electrons. The summed E-state index contributed by atoms with van der Waals surface area (Å²) in [5.74, 6) is -0.400. The summed E-state index contributed by atoms with van der Waals surface area (Å²) in [4.78, 5) is 14.7. The number of benzene rings is 2. The Balaban J connectivity index is 1.75. The Kier molecular flexibility index (Phi) is 8.89. The summed E-state index contributed by atoms with van der Waals surface area (Å²) in [7, 11) is 2.09. The van der Waals surface area contributed by atoms with Gasteiger partial charge >= 0.3 is 0 Å². The quantitative estimate of drug-likeness (QED) is 0.278. The lowest BCUT2D eigenvalue weighted by Crippen LogP contribution is -2.19. The van der Waals surface area contributed by atoms with Crippen molar-refractivity contribution in [1.29, 1.82) is 0 Å². The average Bonchev–Trinajstić information content (AvgIpc) is 2.67. The molecule has 0 aliphatic heterocycles. The van der Waals surface area contributed by atoms with Gasteiger partial charge in [-0.15, -0.1) is 6.58 Å². The molecule has 0 unspecified atom stereocenters. The van der Waals surface area contributed by atoms with Crippen LogP contribution in [0.3, 0.4) is 0 Å². The van der Waals surface area contributed by atoms with Crippen molar-refractivity contribution in [3.8, 4) is 5.75 Å². The predicted molar refractivity (Wildman–Crippen MR) is 113 cm³/mol. The number of carbonyl (C=O) groups excluding carboxylic acids is 1. The van der Waals surface area contributed by atoms with Gasteiger partial charge in [-0.25, -0.2) is 4.39 Å². The SMILES string of the molecule is C=CCN(C)CCCCCCOc1ccc(C(=O)c2ccc(C)cc2)c(F)c1. The van der Waals surface area contributed by atoms with Gasteiger partial charge in [0.2, 0.25) is 0 Å². The molecule has 0 aromatic heterocycles. The fourth-order valence-corrected chi connectivity index (χ4v) is 2.97. The van der Waals surface area contributed by atoms with Crippen LogP contribution in [0, 0.1) is 12.7 Å². The Bertz CT molecular complexity index is 771. The van der Waals surface area contributed by atoms with Crippen LogP contribution in [0.4, 0.5) is 4.39 Å². The van der Waals surface area contributed by atoms with Crippen LogP contribution in [0.1, 0.15) is 47.2 Å². The third-order valence-corrected chi connectivity index (χ3v) is 4.64. The van der Waals surface area contributed by atoms with E-state index in [1.807, 2.05) is 25.1 Å². The molecular formula is C24H30FNO2. The third-order valence-electron chi connectivity index (χ3n) is 4.64. The van der Waals surface area contributed by atoms with Gasteiger partial charge in [0, 0.05) is 18.2 Å². The zero-order valence-corrected chi connectivity index (χ0v) is 16.9. The van der Waals surface area contributed by atoms with Crippen LogP contribution >= 0.6 is 0 Å². The van der Waals surface area contributed by atoms with E-state index in [9.17, 15) is 9.18 Å². The third kappa shape index (κ3) is 6.93. The fourth-order valence-electron chi connectivity index (χ4n) is 2.97. The van der Waals surface area contributed by atoms with E-state index in [4.69, 9.17) is 4.74 Å². The highest BCUT2D eigenvalue weighted by Gasteiger charge is 2.14. The van der Waals surface area contributed by atoms with Crippen molar-refractivity contribution in [2.75, 3.05) is 26.7 Å². The van der Waals surface area contributed by atoms with E-state index >= 15 is 0 Å². The fraction of sp³-hybridized carbons (Fsp3) is 0.375. The Labute approximate surface area is 167 Å². The molecule has 0 atom stereocenters. The number of hydrogen-bond acceptors (Lipinski definition) is 3. The summed E-state index contributed by atoms with van der Waals surface area (Å²) in [5, 5.41) is 0. The molecule has 0 aliphatic carbocycles. The van der Waals surface area contributed by atoms with Crippen molar-refractivity contribution in [3.05, 3.63) is 77.6 Å². The van der Waals surface area contributed by atoms with Gasteiger partial charge in [0.25, 0.3) is 0 Å². The van der Waals surface area contributed by atoms with Crippen LogP contribution in [-0.4, -0.2) is 37.4 Å². The second-order valence-corrected chi connectivity index (χ2v) is 7.15. The summed E-state index contributed by atoms with van der Waals surface area (Å²) in [6.07, 6.45) is 6.20. The number of rotatable bonds is 12. The maximum atomic E-state index is 14.4. The topological polar surface area (TPSA) is 29.5 Å². The monoisotopic (exact) mass is 383 g/mol. The van der Waals surface area contributed by atoms with Crippen LogP contribution in [-0.2, 0) is 0 Å². The molecular weight excluding hydrogens is 353 g/mol. The highest BCUT2D eigenvalue weighted by atomic mass is 19.1. The van der Waals surface area contributed by atoms with Gasteiger partial charge in [0.15, 0.2) is 5.78 Å². The summed E-state index contributed by atoms with van der Waals surface area (Å²) >= 11 is 0. The van der Waals surface area contributed by atoms with Crippen molar-refractivity contribution in [1.82, 2.24) is 4.90 Å². The van der Waals surface area contributed by atoms with Crippen LogP contribution in [0.25, 0.3) is 0 Å². The van der Waals surface area contributed by atoms with Crippen LogP contribution < -0.4 is 4.74 Å². The molecule has 0 saturated heterocycles. The van der Waals surface area contributed by atoms with Crippen molar-refractivity contribution in [2.24, 2.45) is 0 Å². The normalized spacial score (nSPS) is 10.9. The van der Waals surface area contributed by atoms with Crippen LogP contribution in [0.15, 0.2) is 55.1 Å². The summed E-state index contributed by atoms with van der Waals surface area (Å²) in [6.45, 7) is 8.21. The van der Waals surface area contributed by atoms with E-state index in [0.717, 1.165) is 44.3 Å². The Hall–Kier alpha value is -2.46. The minimum atomic E-state index is -0.548. The van der Waals surface area contributed by atoms with E-state index in [2.05, 4.69) is 18.5 Å². The molecule has 2 aromatic rings. The standard InChI is InChI=1S/C24H30FNO2/c1-4-15-26(3)16-7-5-6-8-17-28-21-13-14-22(23(25)18-21)24(27)20-11-9-19(2)10-12-20/h4,9-14,18H,1,5-8,15-17H2,2-3H3. The maximum Gasteiger partial charge on any atom is 0.195 e. The molecule has 0 radical (unpaired) electrons. The molecule has 0 fully saturated rings. The molecule has 4 heteroatoms. The van der Waals surface area contributed by atoms with Crippen LogP contribution in [0.2, 0.25) is 0 Å². The Morgan fingerprint density at radius 1 is 1.11 bits per heavy atom. The Morgan fingerprint density at radius 3 is 2.50 bits per heavy atom. The largest absolute Gasteiger partial charge is 0.493 e. The van der Waals surface area contributed by atoms with Crippen molar-refractivity contribution in [2.45, 2.75) is 32.6 Å². The second-order valence-electron chi connectivity index (χ2n) is 7.15. The number of hydrogen-bond donors (Lipinski definition) is 0. The van der Waals surface area contributed by atoms with Gasteiger partial charge in [-0.2, -0.15) is 0 Å². The van der Waals surface area contributed by atoms with Gasteiger partial charge in [0.05, 0.1) is 12.2 Å².